The first kappa shape index (κ1) is 9.14. The molecule has 14 heavy (non-hydrogen) atoms. The van der Waals surface area contributed by atoms with Gasteiger partial charge in [-0.25, -0.2) is 19.3 Å². The maximum absolute atomic E-state index is 3.91. The highest BCUT2D eigenvalue weighted by Crippen LogP contribution is 2.07. The molecule has 3 heterocycles. The van der Waals surface area contributed by atoms with E-state index in [0.717, 1.165) is 5.52 Å². The lowest BCUT2D eigenvalue weighted by Crippen LogP contribution is -1.76. The Morgan fingerprint density at radius 2 is 2.36 bits per heavy atom. The van der Waals surface area contributed by atoms with Gasteiger partial charge in [0.25, 0.3) is 0 Å². The van der Waals surface area contributed by atoms with E-state index in [1.807, 2.05) is 6.21 Å². The van der Waals surface area contributed by atoms with Crippen molar-refractivity contribution in [2.45, 2.75) is 6.42 Å². The van der Waals surface area contributed by atoms with Crippen LogP contribution in [0.15, 0.2) is 23.2 Å². The highest BCUT2D eigenvalue weighted by molar-refractivity contribution is 7.98. The number of imidazole rings is 1. The number of aromatic nitrogens is 4. The highest BCUT2D eigenvalue weighted by atomic mass is 32.2. The van der Waals surface area contributed by atoms with Gasteiger partial charge in [-0.3, -0.25) is 0 Å². The van der Waals surface area contributed by atoms with Gasteiger partial charge in [0.15, 0.2) is 5.65 Å². The number of fused-ring (bicyclic) bond motifs is 1. The quantitative estimate of drug-likeness (QED) is 0.664. The van der Waals surface area contributed by atoms with Gasteiger partial charge >= 0.3 is 0 Å². The highest BCUT2D eigenvalue weighted by Gasteiger charge is 1.91. The van der Waals surface area contributed by atoms with Crippen molar-refractivity contribution in [1.82, 2.24) is 19.9 Å². The Hall–Kier alpha value is -1.43. The van der Waals surface area contributed by atoms with Crippen molar-refractivity contribution in [3.8, 4) is 0 Å². The van der Waals surface area contributed by atoms with Crippen molar-refractivity contribution in [1.29, 1.82) is 0 Å². The minimum absolute atomic E-state index is 0.713. The fraction of sp³-hybridized carbons (Fsp3) is 0.250. The first-order valence-corrected chi connectivity index (χ1v) is 5.14. The first-order chi connectivity index (χ1) is 6.97. The summed E-state index contributed by atoms with van der Waals surface area (Å²) in [5.74, 6) is 1.19. The molecule has 0 amide bonds. The summed E-state index contributed by atoms with van der Waals surface area (Å²) in [5, 5.41) is 0. The molecule has 2 aromatic heterocycles. The van der Waals surface area contributed by atoms with E-state index in [-0.39, 0.29) is 0 Å². The monoisotopic (exact) mass is 207 g/mol. The first-order valence-electron chi connectivity index (χ1n) is 4.20. The molecule has 1 aliphatic heterocycles. The van der Waals surface area contributed by atoms with E-state index >= 15 is 0 Å². The van der Waals surface area contributed by atoms with Crippen molar-refractivity contribution in [2.24, 2.45) is 4.40 Å². The van der Waals surface area contributed by atoms with Crippen LogP contribution in [-0.4, -0.2) is 31.9 Å². The van der Waals surface area contributed by atoms with Gasteiger partial charge in [0, 0.05) is 12.0 Å². The van der Waals surface area contributed by atoms with Crippen LogP contribution in [-0.2, 0) is 0 Å². The average Bonchev–Trinajstić information content (AvgIpc) is 2.92. The van der Waals surface area contributed by atoms with Gasteiger partial charge in [-0.15, -0.1) is 0 Å². The maximum atomic E-state index is 3.91. The molecule has 0 atom stereocenters. The van der Waals surface area contributed by atoms with E-state index in [0.29, 0.717) is 5.65 Å². The molecule has 1 aliphatic rings. The third kappa shape index (κ3) is 2.29. The van der Waals surface area contributed by atoms with Crippen LogP contribution in [0.4, 0.5) is 0 Å². The number of hydrogen-bond acceptors (Lipinski definition) is 5. The minimum Gasteiger partial charge on any atom is -0.342 e. The minimum atomic E-state index is 0.713. The molecule has 0 bridgehead atoms. The van der Waals surface area contributed by atoms with Crippen molar-refractivity contribution in [3.63, 3.8) is 0 Å². The summed E-state index contributed by atoms with van der Waals surface area (Å²) >= 11 is 1.64. The number of nitrogens with zero attached hydrogens (tertiary/aromatic N) is 4. The molecule has 0 fully saturated rings. The SMILES string of the molecule is C1=NSCC1.c1ncc2[nH]cnc2n1. The van der Waals surface area contributed by atoms with Gasteiger partial charge in [0.1, 0.15) is 11.8 Å². The zero-order valence-corrected chi connectivity index (χ0v) is 8.24. The van der Waals surface area contributed by atoms with Crippen molar-refractivity contribution < 1.29 is 0 Å². The standard InChI is InChI=1S/C5H4N4.C3H5NS/c1-4-5(8-2-6-1)9-3-7-4;1-2-4-5-3-1/h1-3H,(H,6,7,8,9);2H,1,3H2. The normalized spacial score (nSPS) is 14.0. The van der Waals surface area contributed by atoms with E-state index in [1.54, 1.807) is 24.5 Å². The zero-order chi connectivity index (χ0) is 9.64. The van der Waals surface area contributed by atoms with E-state index in [1.165, 1.54) is 18.5 Å². The van der Waals surface area contributed by atoms with E-state index in [4.69, 9.17) is 0 Å². The van der Waals surface area contributed by atoms with Gasteiger partial charge in [0.05, 0.1) is 12.5 Å². The van der Waals surface area contributed by atoms with Crippen LogP contribution < -0.4 is 0 Å². The number of aromatic amines is 1. The lowest BCUT2D eigenvalue weighted by molar-refractivity contribution is 1.20. The van der Waals surface area contributed by atoms with Gasteiger partial charge in [-0.1, -0.05) is 0 Å². The second kappa shape index (κ2) is 4.71. The summed E-state index contributed by atoms with van der Waals surface area (Å²) in [4.78, 5) is 14.5. The fourth-order valence-corrected chi connectivity index (χ4v) is 1.48. The number of hydrogen-bond donors (Lipinski definition) is 1. The number of rotatable bonds is 0. The predicted molar refractivity (Wildman–Crippen MR) is 57.3 cm³/mol. The maximum Gasteiger partial charge on any atom is 0.180 e. The smallest absolute Gasteiger partial charge is 0.180 e. The second-order valence-electron chi connectivity index (χ2n) is 2.57. The molecule has 1 N–H and O–H groups in total. The van der Waals surface area contributed by atoms with Gasteiger partial charge < -0.3 is 4.98 Å². The summed E-state index contributed by atoms with van der Waals surface area (Å²) in [7, 11) is 0. The summed E-state index contributed by atoms with van der Waals surface area (Å²) < 4.78 is 3.88. The zero-order valence-electron chi connectivity index (χ0n) is 7.42. The van der Waals surface area contributed by atoms with Crippen LogP contribution in [0.2, 0.25) is 0 Å². The predicted octanol–water partition coefficient (Wildman–Crippen LogP) is 1.46. The van der Waals surface area contributed by atoms with Gasteiger partial charge in [-0.2, -0.15) is 0 Å². The fourth-order valence-electron chi connectivity index (χ4n) is 0.954. The third-order valence-electron chi connectivity index (χ3n) is 1.59. The Bertz CT molecular complexity index is 388. The van der Waals surface area contributed by atoms with Gasteiger partial charge in [-0.05, 0) is 18.4 Å². The Labute approximate surface area is 85.2 Å². The van der Waals surface area contributed by atoms with Crippen LogP contribution >= 0.6 is 11.9 Å². The molecule has 5 nitrogen and oxygen atoms in total. The molecular weight excluding hydrogens is 198 g/mol. The molecule has 0 aliphatic carbocycles. The van der Waals surface area contributed by atoms with Crippen LogP contribution in [0.5, 0.6) is 0 Å². The molecule has 0 saturated carbocycles. The van der Waals surface area contributed by atoms with Crippen LogP contribution in [0.25, 0.3) is 11.2 Å². The molecule has 2 aromatic rings. The number of H-pyrrole nitrogens is 1. The Morgan fingerprint density at radius 3 is 3.00 bits per heavy atom. The van der Waals surface area contributed by atoms with Gasteiger partial charge in [0.2, 0.25) is 0 Å². The lowest BCUT2D eigenvalue weighted by Gasteiger charge is -1.80. The Balaban J connectivity index is 0.000000128. The summed E-state index contributed by atoms with van der Waals surface area (Å²) in [6.45, 7) is 0. The largest absolute Gasteiger partial charge is 0.342 e. The summed E-state index contributed by atoms with van der Waals surface area (Å²) in [6.07, 6.45) is 7.88. The molecule has 0 radical (unpaired) electrons. The van der Waals surface area contributed by atoms with Crippen molar-refractivity contribution in [2.75, 3.05) is 5.75 Å². The topological polar surface area (TPSA) is 66.8 Å². The molecule has 72 valence electrons. The van der Waals surface area contributed by atoms with Crippen molar-refractivity contribution >= 4 is 29.3 Å². The Kier molecular flexibility index (Phi) is 3.07. The van der Waals surface area contributed by atoms with Crippen LogP contribution in [0.1, 0.15) is 6.42 Å². The molecule has 0 saturated heterocycles. The molecule has 0 unspecified atom stereocenters. The third-order valence-corrected chi connectivity index (χ3v) is 2.30. The molecular formula is C8H9N5S. The number of nitrogens with one attached hydrogen (secondary N) is 1. The average molecular weight is 207 g/mol. The molecule has 3 rings (SSSR count). The van der Waals surface area contributed by atoms with E-state index in [9.17, 15) is 0 Å². The summed E-state index contributed by atoms with van der Waals surface area (Å²) in [5.41, 5.74) is 1.59. The van der Waals surface area contributed by atoms with E-state index < -0.39 is 0 Å². The van der Waals surface area contributed by atoms with Crippen LogP contribution in [0, 0.1) is 0 Å². The molecule has 0 spiro atoms. The lowest BCUT2D eigenvalue weighted by atomic mass is 10.6. The Morgan fingerprint density at radius 1 is 1.36 bits per heavy atom. The van der Waals surface area contributed by atoms with Crippen LogP contribution in [0.3, 0.4) is 0 Å². The summed E-state index contributed by atoms with van der Waals surface area (Å²) in [6, 6.07) is 0. The molecule has 0 aromatic carbocycles. The molecule has 6 heteroatoms. The van der Waals surface area contributed by atoms with Crippen molar-refractivity contribution in [3.05, 3.63) is 18.9 Å². The van der Waals surface area contributed by atoms with E-state index in [2.05, 4.69) is 24.3 Å². The second-order valence-corrected chi connectivity index (χ2v) is 3.45.